The summed E-state index contributed by atoms with van der Waals surface area (Å²) in [5.74, 6) is 3.97. The summed E-state index contributed by atoms with van der Waals surface area (Å²) in [5, 5.41) is 0.556. The average molecular weight is 185 g/mol. The monoisotopic (exact) mass is 184 g/mol. The number of hydrogen-bond acceptors (Lipinski definition) is 3. The zero-order chi connectivity index (χ0) is 6.15. The predicted octanol–water partition coefficient (Wildman–Crippen LogP) is -0.371. The lowest BCUT2D eigenvalue weighted by Gasteiger charge is -2.01. The van der Waals surface area contributed by atoms with Gasteiger partial charge in [0, 0.05) is 12.2 Å². The lowest BCUT2D eigenvalue weighted by Crippen LogP contribution is -2.36. The van der Waals surface area contributed by atoms with Crippen LogP contribution in [-0.2, 0) is 9.59 Å². The molecule has 0 fully saturated rings. The molecular formula is C4H6Cl2N2O2. The Morgan fingerprint density at radius 2 is 1.40 bits per heavy atom. The summed E-state index contributed by atoms with van der Waals surface area (Å²) in [6.45, 7) is 0. The summed E-state index contributed by atoms with van der Waals surface area (Å²) in [6, 6.07) is 0. The molecule has 0 aromatic carbocycles. The van der Waals surface area contributed by atoms with Gasteiger partial charge < -0.3 is 0 Å². The SMILES string of the molecule is Cl.Cl.NN1C(=O)C=CC1=O. The van der Waals surface area contributed by atoms with Crippen molar-refractivity contribution in [1.29, 1.82) is 0 Å². The number of hydrogen-bond donors (Lipinski definition) is 1. The number of halogens is 2. The number of amides is 2. The first-order valence-electron chi connectivity index (χ1n) is 2.02. The van der Waals surface area contributed by atoms with Gasteiger partial charge in [-0.25, -0.2) is 10.9 Å². The fraction of sp³-hybridized carbons (Fsp3) is 0. The molecule has 0 aromatic heterocycles. The molecule has 1 heterocycles. The minimum absolute atomic E-state index is 0. The van der Waals surface area contributed by atoms with Crippen LogP contribution in [0.2, 0.25) is 0 Å². The maximum absolute atomic E-state index is 10.3. The van der Waals surface area contributed by atoms with Crippen molar-refractivity contribution in [1.82, 2.24) is 5.01 Å². The number of nitrogens with zero attached hydrogens (tertiary/aromatic N) is 1. The van der Waals surface area contributed by atoms with E-state index >= 15 is 0 Å². The standard InChI is InChI=1S/C4H4N2O2.2ClH/c5-6-3(7)1-2-4(6)8;;/h1-2H,5H2;2*1H. The molecule has 6 heteroatoms. The van der Waals surface area contributed by atoms with Crippen LogP contribution >= 0.6 is 24.8 Å². The van der Waals surface area contributed by atoms with Gasteiger partial charge in [-0.15, -0.1) is 24.8 Å². The molecule has 1 aliphatic heterocycles. The first-order valence-corrected chi connectivity index (χ1v) is 2.02. The zero-order valence-corrected chi connectivity index (χ0v) is 6.45. The van der Waals surface area contributed by atoms with E-state index in [0.29, 0.717) is 5.01 Å². The Morgan fingerprint density at radius 3 is 1.50 bits per heavy atom. The minimum atomic E-state index is -0.463. The van der Waals surface area contributed by atoms with Gasteiger partial charge in [0.25, 0.3) is 11.8 Å². The van der Waals surface area contributed by atoms with Gasteiger partial charge in [-0.1, -0.05) is 0 Å². The number of hydrazine groups is 1. The summed E-state index contributed by atoms with van der Waals surface area (Å²) in [6.07, 6.45) is 2.25. The maximum atomic E-state index is 10.3. The molecule has 2 amide bonds. The van der Waals surface area contributed by atoms with Crippen LogP contribution in [-0.4, -0.2) is 16.8 Å². The van der Waals surface area contributed by atoms with Crippen LogP contribution < -0.4 is 5.84 Å². The van der Waals surface area contributed by atoms with Gasteiger partial charge in [0.15, 0.2) is 0 Å². The Morgan fingerprint density at radius 1 is 1.10 bits per heavy atom. The van der Waals surface area contributed by atoms with Crippen LogP contribution in [0.5, 0.6) is 0 Å². The van der Waals surface area contributed by atoms with Crippen molar-refractivity contribution in [2.75, 3.05) is 0 Å². The Hall–Kier alpha value is -0.580. The van der Waals surface area contributed by atoms with Crippen LogP contribution in [0.4, 0.5) is 0 Å². The molecule has 0 aliphatic carbocycles. The van der Waals surface area contributed by atoms with Crippen molar-refractivity contribution in [3.05, 3.63) is 12.2 Å². The van der Waals surface area contributed by atoms with Crippen LogP contribution in [0, 0.1) is 0 Å². The molecule has 0 radical (unpaired) electrons. The Labute approximate surface area is 69.8 Å². The Bertz CT molecular complexity index is 162. The number of rotatable bonds is 0. The summed E-state index contributed by atoms with van der Waals surface area (Å²) >= 11 is 0. The molecule has 0 spiro atoms. The molecule has 4 nitrogen and oxygen atoms in total. The maximum Gasteiger partial charge on any atom is 0.268 e. The third-order valence-electron chi connectivity index (χ3n) is 0.843. The Balaban J connectivity index is 0. The first kappa shape index (κ1) is 12.1. The molecule has 58 valence electrons. The van der Waals surface area contributed by atoms with Crippen molar-refractivity contribution >= 4 is 36.6 Å². The van der Waals surface area contributed by atoms with Gasteiger partial charge in [-0.05, 0) is 0 Å². The van der Waals surface area contributed by atoms with Gasteiger partial charge >= 0.3 is 0 Å². The number of carbonyl (C=O) groups excluding carboxylic acids is 2. The van der Waals surface area contributed by atoms with Gasteiger partial charge in [0.05, 0.1) is 0 Å². The highest BCUT2D eigenvalue weighted by atomic mass is 35.5. The topological polar surface area (TPSA) is 63.4 Å². The largest absolute Gasteiger partial charge is 0.268 e. The van der Waals surface area contributed by atoms with E-state index in [0.717, 1.165) is 12.2 Å². The van der Waals surface area contributed by atoms with Gasteiger partial charge in [0.1, 0.15) is 0 Å². The fourth-order valence-electron chi connectivity index (χ4n) is 0.412. The molecule has 0 unspecified atom stereocenters. The second-order valence-corrected chi connectivity index (χ2v) is 1.38. The molecule has 10 heavy (non-hydrogen) atoms. The normalized spacial score (nSPS) is 14.7. The number of nitrogens with two attached hydrogens (primary N) is 1. The average Bonchev–Trinajstić information content (AvgIpc) is 1.98. The van der Waals surface area contributed by atoms with Crippen molar-refractivity contribution < 1.29 is 9.59 Å². The van der Waals surface area contributed by atoms with Crippen molar-refractivity contribution in [3.63, 3.8) is 0 Å². The van der Waals surface area contributed by atoms with Crippen LogP contribution in [0.3, 0.4) is 0 Å². The summed E-state index contributed by atoms with van der Waals surface area (Å²) in [5.41, 5.74) is 0. The van der Waals surface area contributed by atoms with E-state index in [1.807, 2.05) is 0 Å². The second kappa shape index (κ2) is 4.27. The second-order valence-electron chi connectivity index (χ2n) is 1.38. The van der Waals surface area contributed by atoms with Gasteiger partial charge in [-0.3, -0.25) is 9.59 Å². The third kappa shape index (κ3) is 1.98. The molecule has 0 aromatic rings. The van der Waals surface area contributed by atoms with Crippen molar-refractivity contribution in [3.8, 4) is 0 Å². The van der Waals surface area contributed by atoms with Crippen LogP contribution in [0.15, 0.2) is 12.2 Å². The van der Waals surface area contributed by atoms with Crippen LogP contribution in [0.25, 0.3) is 0 Å². The quantitative estimate of drug-likeness (QED) is 0.318. The highest BCUT2D eigenvalue weighted by molar-refractivity contribution is 6.12. The van der Waals surface area contributed by atoms with Crippen molar-refractivity contribution in [2.45, 2.75) is 0 Å². The zero-order valence-electron chi connectivity index (χ0n) is 4.81. The highest BCUT2D eigenvalue weighted by Gasteiger charge is 2.18. The van der Waals surface area contributed by atoms with Crippen molar-refractivity contribution in [2.24, 2.45) is 5.84 Å². The fourth-order valence-corrected chi connectivity index (χ4v) is 0.412. The van der Waals surface area contributed by atoms with E-state index in [2.05, 4.69) is 0 Å². The van der Waals surface area contributed by atoms with Crippen LogP contribution in [0.1, 0.15) is 0 Å². The molecule has 2 N–H and O–H groups in total. The van der Waals surface area contributed by atoms with Gasteiger partial charge in [0.2, 0.25) is 0 Å². The molecule has 1 aliphatic rings. The molecule has 0 saturated carbocycles. The molecule has 0 bridgehead atoms. The summed E-state index contributed by atoms with van der Waals surface area (Å²) < 4.78 is 0. The first-order chi connectivity index (χ1) is 3.72. The predicted molar refractivity (Wildman–Crippen MR) is 39.7 cm³/mol. The minimum Gasteiger partial charge on any atom is -0.268 e. The third-order valence-corrected chi connectivity index (χ3v) is 0.843. The molecule has 0 saturated heterocycles. The smallest absolute Gasteiger partial charge is 0.268 e. The summed E-state index contributed by atoms with van der Waals surface area (Å²) in [7, 11) is 0. The number of imide groups is 1. The number of carbonyl (C=O) groups is 2. The van der Waals surface area contributed by atoms with E-state index in [4.69, 9.17) is 5.84 Å². The molecular weight excluding hydrogens is 179 g/mol. The Kier molecular flexibility index (Phi) is 5.18. The van der Waals surface area contributed by atoms with Gasteiger partial charge in [-0.2, -0.15) is 0 Å². The van der Waals surface area contributed by atoms with E-state index in [1.54, 1.807) is 0 Å². The van der Waals surface area contributed by atoms with E-state index in [9.17, 15) is 9.59 Å². The highest BCUT2D eigenvalue weighted by Crippen LogP contribution is 1.94. The lowest BCUT2D eigenvalue weighted by molar-refractivity contribution is -0.137. The molecule has 0 atom stereocenters. The van der Waals surface area contributed by atoms with E-state index in [1.165, 1.54) is 0 Å². The lowest BCUT2D eigenvalue weighted by atomic mass is 10.6. The summed E-state index contributed by atoms with van der Waals surface area (Å²) in [4.78, 5) is 20.6. The molecule has 1 rings (SSSR count). The van der Waals surface area contributed by atoms with E-state index < -0.39 is 11.8 Å². The van der Waals surface area contributed by atoms with E-state index in [-0.39, 0.29) is 24.8 Å².